The Balaban J connectivity index is 0.00000176. The molecule has 1 saturated heterocycles. The van der Waals surface area contributed by atoms with E-state index in [1.165, 1.54) is 25.3 Å². The maximum atomic E-state index is 13.8. The molecule has 0 bridgehead atoms. The highest BCUT2D eigenvalue weighted by Crippen LogP contribution is 2.25. The van der Waals surface area contributed by atoms with E-state index in [0.29, 0.717) is 5.91 Å². The minimum absolute atomic E-state index is 0. The van der Waals surface area contributed by atoms with Gasteiger partial charge in [0.15, 0.2) is 11.5 Å². The zero-order chi connectivity index (χ0) is 14.7. The van der Waals surface area contributed by atoms with Gasteiger partial charge in [-0.25, -0.2) is 4.39 Å². The fraction of sp³-hybridized carbons (Fsp3) is 0.588. The Bertz CT molecular complexity index is 497. The van der Waals surface area contributed by atoms with Gasteiger partial charge in [-0.05, 0) is 18.9 Å². The maximum absolute atomic E-state index is 13.8. The Kier molecular flexibility index (Phi) is 6.21. The molecule has 2 fully saturated rings. The number of piperazine rings is 1. The van der Waals surface area contributed by atoms with Crippen LogP contribution in [0.5, 0.6) is 0 Å². The van der Waals surface area contributed by atoms with Crippen molar-refractivity contribution in [2.24, 2.45) is 5.92 Å². The summed E-state index contributed by atoms with van der Waals surface area (Å²) >= 11 is 0. The topological polar surface area (TPSA) is 24.8 Å². The third kappa shape index (κ3) is 3.79. The van der Waals surface area contributed by atoms with Crippen LogP contribution >= 0.6 is 0 Å². The monoisotopic (exact) mass is 326 g/mol. The molecule has 0 aromatic heterocycles. The van der Waals surface area contributed by atoms with Crippen molar-refractivity contribution in [1.29, 1.82) is 0 Å². The van der Waals surface area contributed by atoms with Crippen LogP contribution in [0.1, 0.15) is 32.1 Å². The normalized spacial score (nSPS) is 20.5. The first-order valence-electron chi connectivity index (χ1n) is 8.14. The van der Waals surface area contributed by atoms with Gasteiger partial charge in [0.2, 0.25) is 5.91 Å². The van der Waals surface area contributed by atoms with Crippen LogP contribution in [0.4, 0.5) is 10.1 Å². The van der Waals surface area contributed by atoms with Crippen LogP contribution in [0.3, 0.4) is 0 Å². The van der Waals surface area contributed by atoms with Gasteiger partial charge >= 0.3 is 0 Å². The maximum Gasteiger partial charge on any atom is 0.226 e. The van der Waals surface area contributed by atoms with Crippen LogP contribution in [0.25, 0.3) is 0 Å². The average molecular weight is 327 g/mol. The third-order valence-electron chi connectivity index (χ3n) is 4.89. The molecular weight excluding hydrogens is 303 g/mol. The molecule has 5 heteroatoms. The molecule has 1 heterocycles. The molecule has 0 radical (unpaired) electrons. The van der Waals surface area contributed by atoms with E-state index in [0.717, 1.165) is 49.6 Å². The zero-order valence-corrected chi connectivity index (χ0v) is 13.6. The molecule has 3 nitrogen and oxygen atoms in total. The lowest BCUT2D eigenvalue weighted by molar-refractivity contribution is -0.838. The van der Waals surface area contributed by atoms with E-state index in [-0.39, 0.29) is 24.1 Å². The lowest BCUT2D eigenvalue weighted by Crippen LogP contribution is -3.10. The number of carbonyl (C=O) groups excluding carboxylic acids is 1. The first-order valence-corrected chi connectivity index (χ1v) is 8.14. The van der Waals surface area contributed by atoms with Gasteiger partial charge in [0.05, 0.1) is 26.2 Å². The van der Waals surface area contributed by atoms with Crippen LogP contribution in [0, 0.1) is 11.7 Å². The van der Waals surface area contributed by atoms with Gasteiger partial charge in [-0.15, -0.1) is 0 Å². The Morgan fingerprint density at radius 2 is 1.73 bits per heavy atom. The number of halogens is 2. The number of nitrogens with one attached hydrogen (secondary N) is 1. The summed E-state index contributed by atoms with van der Waals surface area (Å²) in [5, 5.41) is 0. The van der Waals surface area contributed by atoms with Crippen molar-refractivity contribution < 1.29 is 26.5 Å². The summed E-state index contributed by atoms with van der Waals surface area (Å²) in [6.07, 6.45) is 5.77. The third-order valence-corrected chi connectivity index (χ3v) is 4.89. The van der Waals surface area contributed by atoms with Gasteiger partial charge < -0.3 is 17.3 Å². The van der Waals surface area contributed by atoms with Crippen molar-refractivity contribution in [3.8, 4) is 0 Å². The molecule has 3 rings (SSSR count). The highest BCUT2D eigenvalue weighted by Gasteiger charge is 2.31. The Labute approximate surface area is 137 Å². The summed E-state index contributed by atoms with van der Waals surface area (Å²) in [6.45, 7) is 3.11. The second-order valence-corrected chi connectivity index (χ2v) is 6.24. The highest BCUT2D eigenvalue weighted by molar-refractivity contribution is 5.79. The number of quaternary nitrogens is 1. The number of benzene rings is 1. The summed E-state index contributed by atoms with van der Waals surface area (Å²) in [6, 6.07) is 6.97. The molecule has 22 heavy (non-hydrogen) atoms. The molecule has 1 aliphatic carbocycles. The fourth-order valence-corrected chi connectivity index (χ4v) is 3.62. The van der Waals surface area contributed by atoms with Gasteiger partial charge in [-0.1, -0.05) is 31.4 Å². The number of amides is 1. The van der Waals surface area contributed by atoms with Crippen molar-refractivity contribution in [1.82, 2.24) is 4.90 Å². The van der Waals surface area contributed by atoms with Gasteiger partial charge in [0.25, 0.3) is 0 Å². The fourth-order valence-electron chi connectivity index (χ4n) is 3.62. The van der Waals surface area contributed by atoms with E-state index in [2.05, 4.69) is 0 Å². The lowest BCUT2D eigenvalue weighted by atomic mass is 9.88. The van der Waals surface area contributed by atoms with E-state index in [9.17, 15) is 9.18 Å². The smallest absolute Gasteiger partial charge is 0.226 e. The quantitative estimate of drug-likeness (QED) is 0.723. The van der Waals surface area contributed by atoms with E-state index < -0.39 is 0 Å². The SMILES string of the molecule is O=C(C1CCCCC1)N1CC[NH+](c2ccccc2F)CC1.[Cl-]. The highest BCUT2D eigenvalue weighted by atomic mass is 35.5. The van der Waals surface area contributed by atoms with Gasteiger partial charge in [0, 0.05) is 12.0 Å². The molecule has 1 amide bonds. The van der Waals surface area contributed by atoms with Crippen molar-refractivity contribution >= 4 is 11.6 Å². The first kappa shape index (κ1) is 17.2. The van der Waals surface area contributed by atoms with E-state index in [4.69, 9.17) is 0 Å². The van der Waals surface area contributed by atoms with Crippen LogP contribution in [0.2, 0.25) is 0 Å². The minimum Gasteiger partial charge on any atom is -1.00 e. The number of rotatable bonds is 2. The average Bonchev–Trinajstić information content (AvgIpc) is 2.56. The molecule has 1 saturated carbocycles. The number of hydrogen-bond donors (Lipinski definition) is 1. The van der Waals surface area contributed by atoms with Crippen molar-refractivity contribution in [2.75, 3.05) is 26.2 Å². The second-order valence-electron chi connectivity index (χ2n) is 6.24. The van der Waals surface area contributed by atoms with Crippen molar-refractivity contribution in [3.05, 3.63) is 30.1 Å². The van der Waals surface area contributed by atoms with Crippen LogP contribution in [-0.2, 0) is 4.79 Å². The van der Waals surface area contributed by atoms with Crippen LogP contribution in [-0.4, -0.2) is 37.0 Å². The lowest BCUT2D eigenvalue weighted by Gasteiger charge is -2.35. The van der Waals surface area contributed by atoms with Gasteiger partial charge in [-0.3, -0.25) is 9.69 Å². The molecule has 1 N–H and O–H groups in total. The Hall–Kier alpha value is -1.13. The van der Waals surface area contributed by atoms with E-state index in [1.54, 1.807) is 6.07 Å². The molecule has 2 aliphatic rings. The summed E-state index contributed by atoms with van der Waals surface area (Å²) in [5.74, 6) is 0.440. The number of hydrogen-bond acceptors (Lipinski definition) is 1. The largest absolute Gasteiger partial charge is 1.00 e. The number of carbonyl (C=O) groups is 1. The van der Waals surface area contributed by atoms with Gasteiger partial charge in [0.1, 0.15) is 0 Å². The van der Waals surface area contributed by atoms with Crippen molar-refractivity contribution in [3.63, 3.8) is 0 Å². The summed E-state index contributed by atoms with van der Waals surface area (Å²) in [4.78, 5) is 15.7. The molecule has 0 spiro atoms. The minimum atomic E-state index is -0.139. The van der Waals surface area contributed by atoms with Gasteiger partial charge in [-0.2, -0.15) is 0 Å². The summed E-state index contributed by atoms with van der Waals surface area (Å²) in [7, 11) is 0. The van der Waals surface area contributed by atoms with E-state index >= 15 is 0 Å². The molecule has 1 aliphatic heterocycles. The summed E-state index contributed by atoms with van der Waals surface area (Å²) < 4.78 is 13.8. The predicted octanol–water partition coefficient (Wildman–Crippen LogP) is -1.23. The zero-order valence-electron chi connectivity index (χ0n) is 12.9. The molecular formula is C17H24ClFN2O. The standard InChI is InChI=1S/C17H23FN2O.ClH/c18-15-8-4-5-9-16(15)19-10-12-20(13-11-19)17(21)14-6-2-1-3-7-14;/h4-5,8-9,14H,1-3,6-7,10-13H2;1H. The number of nitrogens with zero attached hydrogens (tertiary/aromatic N) is 1. The molecule has 122 valence electrons. The van der Waals surface area contributed by atoms with Crippen LogP contribution in [0.15, 0.2) is 24.3 Å². The molecule has 1 aromatic rings. The predicted molar refractivity (Wildman–Crippen MR) is 79.9 cm³/mol. The van der Waals surface area contributed by atoms with Crippen LogP contribution < -0.4 is 17.3 Å². The van der Waals surface area contributed by atoms with E-state index in [1.807, 2.05) is 17.0 Å². The molecule has 1 aromatic carbocycles. The summed E-state index contributed by atoms with van der Waals surface area (Å²) in [5.41, 5.74) is 0.738. The Morgan fingerprint density at radius 3 is 2.36 bits per heavy atom. The number of para-hydroxylation sites is 1. The first-order chi connectivity index (χ1) is 10.3. The van der Waals surface area contributed by atoms with Crippen molar-refractivity contribution in [2.45, 2.75) is 32.1 Å². The second kappa shape index (κ2) is 7.93. The molecule has 0 atom stereocenters. The molecule has 0 unspecified atom stereocenters. The Morgan fingerprint density at radius 1 is 1.09 bits per heavy atom.